The molecule has 0 spiro atoms. The second kappa shape index (κ2) is 6.94. The Morgan fingerprint density at radius 2 is 1.52 bits per heavy atom. The number of anilines is 1. The van der Waals surface area contributed by atoms with Crippen LogP contribution >= 0.6 is 0 Å². The Labute approximate surface area is 146 Å². The monoisotopic (exact) mass is 357 g/mol. The molecule has 0 atom stereocenters. The third-order valence-corrected chi connectivity index (χ3v) is 4.90. The first-order valence-electron chi connectivity index (χ1n) is 7.56. The van der Waals surface area contributed by atoms with E-state index in [9.17, 15) is 12.8 Å². The SMILES string of the molecule is Cc1cc(S(=O)(=O)Nc2ccc(Oc3ccccc3)cc2)ccc1F. The predicted octanol–water partition coefficient (Wildman–Crippen LogP) is 4.73. The van der Waals surface area contributed by atoms with Crippen molar-refractivity contribution >= 4 is 15.7 Å². The smallest absolute Gasteiger partial charge is 0.261 e. The van der Waals surface area contributed by atoms with Gasteiger partial charge in [0, 0.05) is 5.69 Å². The summed E-state index contributed by atoms with van der Waals surface area (Å²) in [5.74, 6) is 0.839. The molecule has 1 N–H and O–H groups in total. The van der Waals surface area contributed by atoms with Gasteiger partial charge < -0.3 is 4.74 Å². The molecule has 6 heteroatoms. The maximum Gasteiger partial charge on any atom is 0.261 e. The molecule has 0 heterocycles. The zero-order valence-electron chi connectivity index (χ0n) is 13.4. The van der Waals surface area contributed by atoms with Crippen molar-refractivity contribution in [1.82, 2.24) is 0 Å². The number of halogens is 1. The first kappa shape index (κ1) is 17.0. The van der Waals surface area contributed by atoms with Crippen molar-refractivity contribution in [2.24, 2.45) is 0 Å². The molecule has 0 radical (unpaired) electrons. The molecule has 0 fully saturated rings. The molecule has 0 unspecified atom stereocenters. The van der Waals surface area contributed by atoms with E-state index < -0.39 is 15.8 Å². The summed E-state index contributed by atoms with van der Waals surface area (Å²) >= 11 is 0. The van der Waals surface area contributed by atoms with Crippen LogP contribution in [0.25, 0.3) is 0 Å². The second-order valence-corrected chi connectivity index (χ2v) is 7.14. The first-order valence-corrected chi connectivity index (χ1v) is 9.04. The summed E-state index contributed by atoms with van der Waals surface area (Å²) in [5, 5.41) is 0. The van der Waals surface area contributed by atoms with Gasteiger partial charge in [-0.3, -0.25) is 4.72 Å². The molecule has 0 amide bonds. The summed E-state index contributed by atoms with van der Waals surface area (Å²) in [5.41, 5.74) is 0.664. The molecule has 3 aromatic carbocycles. The van der Waals surface area contributed by atoms with Gasteiger partial charge in [-0.25, -0.2) is 12.8 Å². The Balaban J connectivity index is 1.75. The Morgan fingerprint density at radius 1 is 0.880 bits per heavy atom. The highest BCUT2D eigenvalue weighted by Crippen LogP contribution is 2.24. The third-order valence-electron chi connectivity index (χ3n) is 3.53. The summed E-state index contributed by atoms with van der Waals surface area (Å²) in [7, 11) is -3.78. The van der Waals surface area contributed by atoms with Crippen molar-refractivity contribution in [2.75, 3.05) is 4.72 Å². The summed E-state index contributed by atoms with van der Waals surface area (Å²) in [6.45, 7) is 1.52. The van der Waals surface area contributed by atoms with Crippen LogP contribution in [0, 0.1) is 12.7 Å². The minimum atomic E-state index is -3.78. The van der Waals surface area contributed by atoms with Crippen LogP contribution in [-0.2, 0) is 10.0 Å². The topological polar surface area (TPSA) is 55.4 Å². The molecule has 128 valence electrons. The van der Waals surface area contributed by atoms with Gasteiger partial charge in [0.05, 0.1) is 4.90 Å². The highest BCUT2D eigenvalue weighted by molar-refractivity contribution is 7.92. The van der Waals surface area contributed by atoms with Gasteiger partial charge in [-0.2, -0.15) is 0 Å². The van der Waals surface area contributed by atoms with Crippen molar-refractivity contribution in [3.8, 4) is 11.5 Å². The molecule has 0 saturated heterocycles. The summed E-state index contributed by atoms with van der Waals surface area (Å²) in [6.07, 6.45) is 0. The van der Waals surface area contributed by atoms with Gasteiger partial charge in [-0.1, -0.05) is 18.2 Å². The van der Waals surface area contributed by atoms with Crippen molar-refractivity contribution in [1.29, 1.82) is 0 Å². The number of sulfonamides is 1. The summed E-state index contributed by atoms with van der Waals surface area (Å²) in [4.78, 5) is 0.0102. The molecule has 0 aliphatic heterocycles. The lowest BCUT2D eigenvalue weighted by Crippen LogP contribution is -2.13. The Kier molecular flexibility index (Phi) is 4.72. The van der Waals surface area contributed by atoms with E-state index in [1.165, 1.54) is 19.1 Å². The number of hydrogen-bond donors (Lipinski definition) is 1. The van der Waals surface area contributed by atoms with Crippen LogP contribution in [0.2, 0.25) is 0 Å². The Hall–Kier alpha value is -2.86. The van der Waals surface area contributed by atoms with E-state index in [4.69, 9.17) is 4.74 Å². The average Bonchev–Trinajstić information content (AvgIpc) is 2.60. The molecule has 4 nitrogen and oxygen atoms in total. The highest BCUT2D eigenvalue weighted by Gasteiger charge is 2.15. The fraction of sp³-hybridized carbons (Fsp3) is 0.0526. The van der Waals surface area contributed by atoms with Crippen LogP contribution in [0.4, 0.5) is 10.1 Å². The maximum atomic E-state index is 13.3. The zero-order chi connectivity index (χ0) is 17.9. The van der Waals surface area contributed by atoms with Gasteiger partial charge in [-0.05, 0) is 67.1 Å². The molecule has 0 aliphatic rings. The van der Waals surface area contributed by atoms with E-state index in [1.54, 1.807) is 24.3 Å². The van der Waals surface area contributed by atoms with Crippen LogP contribution in [0.3, 0.4) is 0 Å². The van der Waals surface area contributed by atoms with Gasteiger partial charge in [-0.15, -0.1) is 0 Å². The fourth-order valence-electron chi connectivity index (χ4n) is 2.21. The number of nitrogens with one attached hydrogen (secondary N) is 1. The molecule has 0 bridgehead atoms. The quantitative estimate of drug-likeness (QED) is 0.718. The fourth-order valence-corrected chi connectivity index (χ4v) is 3.36. The molecule has 0 saturated carbocycles. The third kappa shape index (κ3) is 4.16. The summed E-state index contributed by atoms with van der Waals surface area (Å²) in [6, 6.07) is 19.5. The van der Waals surface area contributed by atoms with Crippen LogP contribution in [-0.4, -0.2) is 8.42 Å². The standard InChI is InChI=1S/C19H16FNO3S/c1-14-13-18(11-12-19(14)20)25(22,23)21-15-7-9-17(10-8-15)24-16-5-3-2-4-6-16/h2-13,21H,1H3. The van der Waals surface area contributed by atoms with Crippen LogP contribution in [0.1, 0.15) is 5.56 Å². The summed E-state index contributed by atoms with van der Waals surface area (Å²) < 4.78 is 46.2. The van der Waals surface area contributed by atoms with E-state index in [1.807, 2.05) is 30.3 Å². The molecule has 3 rings (SSSR count). The number of benzene rings is 3. The van der Waals surface area contributed by atoms with Crippen molar-refractivity contribution in [2.45, 2.75) is 11.8 Å². The van der Waals surface area contributed by atoms with Gasteiger partial charge in [0.25, 0.3) is 10.0 Å². The lowest BCUT2D eigenvalue weighted by molar-refractivity contribution is 0.483. The molecule has 25 heavy (non-hydrogen) atoms. The molecule has 3 aromatic rings. The largest absolute Gasteiger partial charge is 0.457 e. The lowest BCUT2D eigenvalue weighted by atomic mass is 10.2. The average molecular weight is 357 g/mol. The van der Waals surface area contributed by atoms with Crippen LogP contribution in [0.15, 0.2) is 77.7 Å². The number of hydrogen-bond acceptors (Lipinski definition) is 3. The molecule has 0 aromatic heterocycles. The molecule has 0 aliphatic carbocycles. The van der Waals surface area contributed by atoms with Crippen LogP contribution < -0.4 is 9.46 Å². The van der Waals surface area contributed by atoms with E-state index in [0.717, 1.165) is 6.07 Å². The van der Waals surface area contributed by atoms with E-state index in [-0.39, 0.29) is 10.5 Å². The normalized spacial score (nSPS) is 11.1. The van der Waals surface area contributed by atoms with E-state index >= 15 is 0 Å². The highest BCUT2D eigenvalue weighted by atomic mass is 32.2. The molecular formula is C19H16FNO3S. The maximum absolute atomic E-state index is 13.3. The van der Waals surface area contributed by atoms with Crippen molar-refractivity contribution in [3.63, 3.8) is 0 Å². The minimum Gasteiger partial charge on any atom is -0.457 e. The molecular weight excluding hydrogens is 341 g/mol. The Morgan fingerprint density at radius 3 is 2.16 bits per heavy atom. The number of ether oxygens (including phenoxy) is 1. The lowest BCUT2D eigenvalue weighted by Gasteiger charge is -2.10. The Bertz CT molecular complexity index is 971. The second-order valence-electron chi connectivity index (χ2n) is 5.46. The number of para-hydroxylation sites is 1. The zero-order valence-corrected chi connectivity index (χ0v) is 14.3. The predicted molar refractivity (Wildman–Crippen MR) is 94.9 cm³/mol. The van der Waals surface area contributed by atoms with E-state index in [0.29, 0.717) is 17.2 Å². The first-order chi connectivity index (χ1) is 11.9. The van der Waals surface area contributed by atoms with Gasteiger partial charge >= 0.3 is 0 Å². The number of rotatable bonds is 5. The van der Waals surface area contributed by atoms with Crippen molar-refractivity contribution < 1.29 is 17.5 Å². The van der Waals surface area contributed by atoms with Crippen molar-refractivity contribution in [3.05, 3.63) is 84.2 Å². The van der Waals surface area contributed by atoms with Gasteiger partial charge in [0.1, 0.15) is 17.3 Å². The number of aryl methyl sites for hydroxylation is 1. The van der Waals surface area contributed by atoms with Gasteiger partial charge in [0.2, 0.25) is 0 Å². The van der Waals surface area contributed by atoms with Gasteiger partial charge in [0.15, 0.2) is 0 Å². The van der Waals surface area contributed by atoms with Crippen LogP contribution in [0.5, 0.6) is 11.5 Å². The van der Waals surface area contributed by atoms with E-state index in [2.05, 4.69) is 4.72 Å². The minimum absolute atomic E-state index is 0.0102.